The van der Waals surface area contributed by atoms with E-state index in [1.807, 2.05) is 0 Å². The van der Waals surface area contributed by atoms with E-state index >= 15 is 0 Å². The van der Waals surface area contributed by atoms with Crippen LogP contribution in [-0.2, 0) is 6.54 Å². The van der Waals surface area contributed by atoms with Gasteiger partial charge in [0, 0.05) is 19.1 Å². The van der Waals surface area contributed by atoms with Crippen LogP contribution in [0.25, 0.3) is 0 Å². The molecule has 114 valence electrons. The summed E-state index contributed by atoms with van der Waals surface area (Å²) in [5.41, 5.74) is 2.82. The quantitative estimate of drug-likeness (QED) is 0.779. The normalized spacial score (nSPS) is 13.4. The van der Waals surface area contributed by atoms with Crippen molar-refractivity contribution < 1.29 is 0 Å². The highest BCUT2D eigenvalue weighted by Crippen LogP contribution is 2.15. The lowest BCUT2D eigenvalue weighted by molar-refractivity contribution is 0.178. The third-order valence-electron chi connectivity index (χ3n) is 3.92. The first kappa shape index (κ1) is 17.2. The minimum Gasteiger partial charge on any atom is -0.315 e. The highest BCUT2D eigenvalue weighted by atomic mass is 15.1. The van der Waals surface area contributed by atoms with Crippen molar-refractivity contribution in [1.82, 2.24) is 10.2 Å². The predicted molar refractivity (Wildman–Crippen MR) is 89.0 cm³/mol. The molecule has 0 aliphatic heterocycles. The summed E-state index contributed by atoms with van der Waals surface area (Å²) >= 11 is 0. The van der Waals surface area contributed by atoms with Gasteiger partial charge in [-0.3, -0.25) is 4.90 Å². The maximum atomic E-state index is 3.61. The van der Waals surface area contributed by atoms with Gasteiger partial charge in [0.25, 0.3) is 0 Å². The Morgan fingerprint density at radius 3 is 2.25 bits per heavy atom. The van der Waals surface area contributed by atoms with Gasteiger partial charge in [0.05, 0.1) is 0 Å². The molecule has 0 amide bonds. The fourth-order valence-electron chi connectivity index (χ4n) is 2.59. The summed E-state index contributed by atoms with van der Waals surface area (Å²) in [5, 5.41) is 3.61. The zero-order valence-electron chi connectivity index (χ0n) is 14.1. The molecule has 0 aromatic heterocycles. The SMILES string of the molecule is Cc1ccccc1CN(C)C(CNCC(C)C)C(C)C. The minimum absolute atomic E-state index is 0.577. The molecule has 0 aliphatic carbocycles. The molecule has 0 radical (unpaired) electrons. The van der Waals surface area contributed by atoms with Gasteiger partial charge in [-0.2, -0.15) is 0 Å². The van der Waals surface area contributed by atoms with Crippen molar-refractivity contribution >= 4 is 0 Å². The summed E-state index contributed by atoms with van der Waals surface area (Å²) in [4.78, 5) is 2.49. The summed E-state index contributed by atoms with van der Waals surface area (Å²) in [5.74, 6) is 1.37. The van der Waals surface area contributed by atoms with E-state index in [4.69, 9.17) is 0 Å². The van der Waals surface area contributed by atoms with Crippen molar-refractivity contribution in [2.24, 2.45) is 11.8 Å². The van der Waals surface area contributed by atoms with Crippen molar-refractivity contribution in [3.8, 4) is 0 Å². The first-order valence-corrected chi connectivity index (χ1v) is 7.87. The molecule has 0 heterocycles. The van der Waals surface area contributed by atoms with Crippen LogP contribution < -0.4 is 5.32 Å². The van der Waals surface area contributed by atoms with Gasteiger partial charge in [-0.25, -0.2) is 0 Å². The van der Waals surface area contributed by atoms with Crippen molar-refractivity contribution in [3.05, 3.63) is 35.4 Å². The molecular formula is C18H32N2. The molecular weight excluding hydrogens is 244 g/mol. The van der Waals surface area contributed by atoms with E-state index in [1.165, 1.54) is 11.1 Å². The second-order valence-corrected chi connectivity index (χ2v) is 6.71. The Hall–Kier alpha value is -0.860. The topological polar surface area (TPSA) is 15.3 Å². The molecule has 20 heavy (non-hydrogen) atoms. The zero-order valence-corrected chi connectivity index (χ0v) is 14.1. The van der Waals surface area contributed by atoms with Crippen molar-refractivity contribution in [2.75, 3.05) is 20.1 Å². The van der Waals surface area contributed by atoms with Crippen molar-refractivity contribution in [3.63, 3.8) is 0 Å². The van der Waals surface area contributed by atoms with Crippen LogP contribution in [0.15, 0.2) is 24.3 Å². The average Bonchev–Trinajstić information content (AvgIpc) is 2.36. The Kier molecular flexibility index (Phi) is 7.25. The van der Waals surface area contributed by atoms with Crippen molar-refractivity contribution in [1.29, 1.82) is 0 Å². The number of aryl methyl sites for hydroxylation is 1. The van der Waals surface area contributed by atoms with Crippen LogP contribution >= 0.6 is 0 Å². The van der Waals surface area contributed by atoms with E-state index in [0.29, 0.717) is 17.9 Å². The third-order valence-corrected chi connectivity index (χ3v) is 3.92. The van der Waals surface area contributed by atoms with Crippen LogP contribution in [0.3, 0.4) is 0 Å². The largest absolute Gasteiger partial charge is 0.315 e. The minimum atomic E-state index is 0.577. The van der Waals surface area contributed by atoms with Crippen LogP contribution in [0.4, 0.5) is 0 Å². The van der Waals surface area contributed by atoms with Crippen LogP contribution in [0.5, 0.6) is 0 Å². The Morgan fingerprint density at radius 1 is 1.05 bits per heavy atom. The number of nitrogens with zero attached hydrogens (tertiary/aromatic N) is 1. The molecule has 1 N–H and O–H groups in total. The number of hydrogen-bond donors (Lipinski definition) is 1. The first-order chi connectivity index (χ1) is 9.41. The van der Waals surface area contributed by atoms with Gasteiger partial charge in [-0.15, -0.1) is 0 Å². The Balaban J connectivity index is 2.60. The summed E-state index contributed by atoms with van der Waals surface area (Å²) in [7, 11) is 2.24. The van der Waals surface area contributed by atoms with Crippen LogP contribution in [0.1, 0.15) is 38.8 Å². The monoisotopic (exact) mass is 276 g/mol. The molecule has 1 aromatic rings. The lowest BCUT2D eigenvalue weighted by atomic mass is 10.0. The molecule has 0 aliphatic rings. The molecule has 0 saturated carbocycles. The second kappa shape index (κ2) is 8.43. The molecule has 2 heteroatoms. The molecule has 0 fully saturated rings. The summed E-state index contributed by atoms with van der Waals surface area (Å²) in [6.07, 6.45) is 0. The Morgan fingerprint density at radius 2 is 1.70 bits per heavy atom. The first-order valence-electron chi connectivity index (χ1n) is 7.87. The molecule has 1 unspecified atom stereocenters. The van der Waals surface area contributed by atoms with Gasteiger partial charge in [-0.05, 0) is 43.5 Å². The lowest BCUT2D eigenvalue weighted by Crippen LogP contribution is -2.44. The third kappa shape index (κ3) is 5.64. The van der Waals surface area contributed by atoms with Gasteiger partial charge in [0.1, 0.15) is 0 Å². The molecule has 0 saturated heterocycles. The van der Waals surface area contributed by atoms with Crippen LogP contribution in [-0.4, -0.2) is 31.1 Å². The molecule has 0 spiro atoms. The maximum Gasteiger partial charge on any atom is 0.0244 e. The summed E-state index contributed by atoms with van der Waals surface area (Å²) in [6, 6.07) is 9.27. The van der Waals surface area contributed by atoms with Crippen molar-refractivity contribution in [2.45, 2.75) is 47.2 Å². The van der Waals surface area contributed by atoms with E-state index in [-0.39, 0.29) is 0 Å². The highest BCUT2D eigenvalue weighted by Gasteiger charge is 2.18. The van der Waals surface area contributed by atoms with Gasteiger partial charge >= 0.3 is 0 Å². The van der Waals surface area contributed by atoms with E-state index in [0.717, 1.165) is 19.6 Å². The summed E-state index contributed by atoms with van der Waals surface area (Å²) in [6.45, 7) is 14.5. The van der Waals surface area contributed by atoms with Gasteiger partial charge < -0.3 is 5.32 Å². The molecule has 1 atom stereocenters. The van der Waals surface area contributed by atoms with Gasteiger partial charge in [-0.1, -0.05) is 52.0 Å². The van der Waals surface area contributed by atoms with Crippen LogP contribution in [0.2, 0.25) is 0 Å². The highest BCUT2D eigenvalue weighted by molar-refractivity contribution is 5.25. The molecule has 1 rings (SSSR count). The lowest BCUT2D eigenvalue weighted by Gasteiger charge is -2.32. The Labute approximate surface area is 125 Å². The maximum absolute atomic E-state index is 3.61. The number of benzene rings is 1. The van der Waals surface area contributed by atoms with E-state index in [2.05, 4.69) is 76.1 Å². The fraction of sp³-hybridized carbons (Fsp3) is 0.667. The average molecular weight is 276 g/mol. The number of likely N-dealkylation sites (N-methyl/N-ethyl adjacent to an activating group) is 1. The van der Waals surface area contributed by atoms with Gasteiger partial charge in [0.2, 0.25) is 0 Å². The smallest absolute Gasteiger partial charge is 0.0244 e. The zero-order chi connectivity index (χ0) is 15.1. The van der Waals surface area contributed by atoms with E-state index < -0.39 is 0 Å². The number of nitrogens with one attached hydrogen (secondary N) is 1. The van der Waals surface area contributed by atoms with E-state index in [9.17, 15) is 0 Å². The van der Waals surface area contributed by atoms with E-state index in [1.54, 1.807) is 0 Å². The molecule has 2 nitrogen and oxygen atoms in total. The second-order valence-electron chi connectivity index (χ2n) is 6.71. The number of rotatable bonds is 8. The Bertz CT molecular complexity index is 385. The molecule has 1 aromatic carbocycles. The number of hydrogen-bond acceptors (Lipinski definition) is 2. The van der Waals surface area contributed by atoms with Crippen LogP contribution in [0, 0.1) is 18.8 Å². The standard InChI is InChI=1S/C18H32N2/c1-14(2)11-19-12-18(15(3)4)20(6)13-17-10-8-7-9-16(17)5/h7-10,14-15,18-19H,11-13H2,1-6H3. The van der Waals surface area contributed by atoms with Gasteiger partial charge in [0.15, 0.2) is 0 Å². The fourth-order valence-corrected chi connectivity index (χ4v) is 2.59. The predicted octanol–water partition coefficient (Wildman–Crippen LogP) is 3.70. The summed E-state index contributed by atoms with van der Waals surface area (Å²) < 4.78 is 0. The molecule has 0 bridgehead atoms.